The molecule has 1 aliphatic carbocycles. The first-order valence-electron chi connectivity index (χ1n) is 6.66. The number of anilines is 1. The third-order valence-corrected chi connectivity index (χ3v) is 3.52. The molecule has 0 unspecified atom stereocenters. The lowest BCUT2D eigenvalue weighted by atomic mass is 10.0. The first kappa shape index (κ1) is 13.8. The van der Waals surface area contributed by atoms with Crippen LogP contribution in [0.25, 0.3) is 0 Å². The summed E-state index contributed by atoms with van der Waals surface area (Å²) < 4.78 is 13.7. The predicted molar refractivity (Wildman–Crippen MR) is 72.4 cm³/mol. The molecule has 1 saturated carbocycles. The van der Waals surface area contributed by atoms with E-state index >= 15 is 0 Å². The lowest BCUT2D eigenvalue weighted by molar-refractivity contribution is 0.199. The Bertz CT molecular complexity index is 504. The van der Waals surface area contributed by atoms with Crippen LogP contribution in [0.1, 0.15) is 43.4 Å². The second-order valence-electron chi connectivity index (χ2n) is 5.17. The van der Waals surface area contributed by atoms with Crippen molar-refractivity contribution in [2.45, 2.75) is 45.3 Å². The second kappa shape index (κ2) is 5.58. The van der Waals surface area contributed by atoms with Crippen molar-refractivity contribution < 1.29 is 9.50 Å². The molecule has 0 amide bonds. The molecule has 1 N–H and O–H groups in total. The van der Waals surface area contributed by atoms with E-state index in [0.29, 0.717) is 30.1 Å². The van der Waals surface area contributed by atoms with E-state index in [1.807, 2.05) is 0 Å². The predicted octanol–water partition coefficient (Wildman–Crippen LogP) is 3.07. The third-order valence-electron chi connectivity index (χ3n) is 3.52. The first-order valence-corrected chi connectivity index (χ1v) is 6.66. The van der Waals surface area contributed by atoms with Crippen molar-refractivity contribution in [2.75, 3.05) is 11.4 Å². The smallest absolute Gasteiger partial charge is 0.126 e. The van der Waals surface area contributed by atoms with E-state index in [4.69, 9.17) is 5.26 Å². The lowest BCUT2D eigenvalue weighted by Gasteiger charge is -2.28. The van der Waals surface area contributed by atoms with E-state index in [1.54, 1.807) is 19.9 Å². The van der Waals surface area contributed by atoms with E-state index in [0.717, 1.165) is 18.5 Å². The van der Waals surface area contributed by atoms with E-state index in [-0.39, 0.29) is 5.82 Å². The average molecular weight is 262 g/mol. The first-order chi connectivity index (χ1) is 9.04. The summed E-state index contributed by atoms with van der Waals surface area (Å²) >= 11 is 0. The Kier molecular flexibility index (Phi) is 4.06. The number of hydrogen-bond donors (Lipinski definition) is 1. The fraction of sp³-hybridized carbons (Fsp3) is 0.533. The van der Waals surface area contributed by atoms with E-state index < -0.39 is 6.10 Å². The Morgan fingerprint density at radius 2 is 2.21 bits per heavy atom. The van der Waals surface area contributed by atoms with Gasteiger partial charge in [-0.1, -0.05) is 0 Å². The van der Waals surface area contributed by atoms with E-state index in [1.165, 1.54) is 6.07 Å². The van der Waals surface area contributed by atoms with Gasteiger partial charge in [0, 0.05) is 23.8 Å². The fourth-order valence-electron chi connectivity index (χ4n) is 2.32. The van der Waals surface area contributed by atoms with Crippen LogP contribution in [0.2, 0.25) is 0 Å². The van der Waals surface area contributed by atoms with Gasteiger partial charge < -0.3 is 10.0 Å². The van der Waals surface area contributed by atoms with Crippen LogP contribution in [0.5, 0.6) is 0 Å². The molecule has 0 radical (unpaired) electrons. The minimum Gasteiger partial charge on any atom is -0.389 e. The van der Waals surface area contributed by atoms with Gasteiger partial charge in [0.15, 0.2) is 0 Å². The highest BCUT2D eigenvalue weighted by atomic mass is 19.1. The number of rotatable bonds is 5. The highest BCUT2D eigenvalue weighted by molar-refractivity contribution is 5.58. The number of halogens is 1. The van der Waals surface area contributed by atoms with Gasteiger partial charge in [0.25, 0.3) is 0 Å². The zero-order valence-corrected chi connectivity index (χ0v) is 11.4. The molecule has 0 saturated heterocycles. The Morgan fingerprint density at radius 3 is 2.74 bits per heavy atom. The van der Waals surface area contributed by atoms with Gasteiger partial charge in [0.2, 0.25) is 0 Å². The Balaban J connectivity index is 2.39. The van der Waals surface area contributed by atoms with Crippen molar-refractivity contribution in [1.82, 2.24) is 0 Å². The molecular weight excluding hydrogens is 243 g/mol. The van der Waals surface area contributed by atoms with Crippen molar-refractivity contribution >= 4 is 5.69 Å². The van der Waals surface area contributed by atoms with Crippen molar-refractivity contribution in [1.29, 1.82) is 5.26 Å². The van der Waals surface area contributed by atoms with E-state index in [9.17, 15) is 9.50 Å². The summed E-state index contributed by atoms with van der Waals surface area (Å²) in [6.07, 6.45) is 1.92. The Hall–Kier alpha value is -1.60. The van der Waals surface area contributed by atoms with Gasteiger partial charge in [-0.2, -0.15) is 5.26 Å². The minimum absolute atomic E-state index is 0.296. The third kappa shape index (κ3) is 3.05. The van der Waals surface area contributed by atoms with Crippen LogP contribution < -0.4 is 4.90 Å². The SMILES string of the molecule is Cc1cc(N(CCC#N)C2CC2)c([C@@H](C)O)cc1F. The van der Waals surface area contributed by atoms with Crippen LogP contribution in [0, 0.1) is 24.1 Å². The van der Waals surface area contributed by atoms with Crippen LogP contribution in [0.3, 0.4) is 0 Å². The zero-order valence-electron chi connectivity index (χ0n) is 11.4. The summed E-state index contributed by atoms with van der Waals surface area (Å²) in [6.45, 7) is 4.00. The minimum atomic E-state index is -0.714. The quantitative estimate of drug-likeness (QED) is 0.887. The second-order valence-corrected chi connectivity index (χ2v) is 5.17. The van der Waals surface area contributed by atoms with Gasteiger partial charge in [-0.25, -0.2) is 4.39 Å². The molecule has 1 atom stereocenters. The zero-order chi connectivity index (χ0) is 14.0. The number of aliphatic hydroxyl groups is 1. The molecule has 4 heteroatoms. The molecule has 0 heterocycles. The van der Waals surface area contributed by atoms with Crippen molar-refractivity contribution in [3.05, 3.63) is 29.1 Å². The Morgan fingerprint density at radius 1 is 1.53 bits per heavy atom. The van der Waals surface area contributed by atoms with Crippen LogP contribution in [0.4, 0.5) is 10.1 Å². The number of nitrogens with zero attached hydrogens (tertiary/aromatic N) is 2. The number of aliphatic hydroxyl groups excluding tert-OH is 1. The van der Waals surface area contributed by atoms with Gasteiger partial charge in [-0.3, -0.25) is 0 Å². The molecule has 2 rings (SSSR count). The summed E-state index contributed by atoms with van der Waals surface area (Å²) in [5, 5.41) is 18.6. The average Bonchev–Trinajstić information content (AvgIpc) is 3.17. The summed E-state index contributed by atoms with van der Waals surface area (Å²) in [4.78, 5) is 2.14. The van der Waals surface area contributed by atoms with Gasteiger partial charge in [-0.15, -0.1) is 0 Å². The largest absolute Gasteiger partial charge is 0.389 e. The Labute approximate surface area is 113 Å². The molecular formula is C15H19FN2O. The highest BCUT2D eigenvalue weighted by Gasteiger charge is 2.31. The highest BCUT2D eigenvalue weighted by Crippen LogP contribution is 2.37. The number of nitriles is 1. The summed E-state index contributed by atoms with van der Waals surface area (Å²) in [5.41, 5.74) is 2.04. The van der Waals surface area contributed by atoms with Crippen LogP contribution >= 0.6 is 0 Å². The fourth-order valence-corrected chi connectivity index (χ4v) is 2.32. The molecule has 19 heavy (non-hydrogen) atoms. The molecule has 102 valence electrons. The number of benzene rings is 1. The number of hydrogen-bond acceptors (Lipinski definition) is 3. The molecule has 0 spiro atoms. The summed E-state index contributed by atoms with van der Waals surface area (Å²) in [5.74, 6) is -0.296. The van der Waals surface area contributed by atoms with Crippen LogP contribution in [-0.4, -0.2) is 17.7 Å². The van der Waals surface area contributed by atoms with Crippen LogP contribution in [-0.2, 0) is 0 Å². The van der Waals surface area contributed by atoms with Gasteiger partial charge in [0.05, 0.1) is 18.6 Å². The molecule has 1 aromatic rings. The van der Waals surface area contributed by atoms with Crippen molar-refractivity contribution in [3.63, 3.8) is 0 Å². The maximum Gasteiger partial charge on any atom is 0.126 e. The monoisotopic (exact) mass is 262 g/mol. The molecule has 1 aromatic carbocycles. The summed E-state index contributed by atoms with van der Waals surface area (Å²) in [7, 11) is 0. The van der Waals surface area contributed by atoms with Gasteiger partial charge in [0.1, 0.15) is 5.82 Å². The normalized spacial score (nSPS) is 15.9. The van der Waals surface area contributed by atoms with Gasteiger partial charge >= 0.3 is 0 Å². The number of aryl methyl sites for hydroxylation is 1. The van der Waals surface area contributed by atoms with Crippen molar-refractivity contribution in [3.8, 4) is 6.07 Å². The maximum absolute atomic E-state index is 13.7. The molecule has 3 nitrogen and oxygen atoms in total. The molecule has 0 bridgehead atoms. The molecule has 1 aliphatic rings. The van der Waals surface area contributed by atoms with Gasteiger partial charge in [-0.05, 0) is 44.4 Å². The maximum atomic E-state index is 13.7. The topological polar surface area (TPSA) is 47.3 Å². The van der Waals surface area contributed by atoms with E-state index in [2.05, 4.69) is 11.0 Å². The standard InChI is InChI=1S/C15H19FN2O/c1-10-8-15(13(11(2)19)9-14(10)16)18(7-3-6-17)12-4-5-12/h8-9,11-12,19H,3-5,7H2,1-2H3/t11-/m1/s1. The lowest BCUT2D eigenvalue weighted by Crippen LogP contribution is -2.28. The van der Waals surface area contributed by atoms with Crippen LogP contribution in [0.15, 0.2) is 12.1 Å². The van der Waals surface area contributed by atoms with Crippen molar-refractivity contribution in [2.24, 2.45) is 0 Å². The molecule has 0 aromatic heterocycles. The molecule has 0 aliphatic heterocycles. The summed E-state index contributed by atoms with van der Waals surface area (Å²) in [6, 6.07) is 5.77. The molecule has 1 fully saturated rings.